The molecular weight excluding hydrogens is 362 g/mol. The molecule has 1 aliphatic carbocycles. The highest BCUT2D eigenvalue weighted by Crippen LogP contribution is 2.39. The van der Waals surface area contributed by atoms with E-state index in [2.05, 4.69) is 24.7 Å². The third-order valence-corrected chi connectivity index (χ3v) is 6.78. The van der Waals surface area contributed by atoms with Crippen LogP contribution in [0.2, 0.25) is 0 Å². The van der Waals surface area contributed by atoms with Gasteiger partial charge in [-0.05, 0) is 30.9 Å². The van der Waals surface area contributed by atoms with Crippen LogP contribution in [-0.2, 0) is 21.4 Å². The van der Waals surface area contributed by atoms with Crippen LogP contribution in [0.1, 0.15) is 12.8 Å². The van der Waals surface area contributed by atoms with Crippen molar-refractivity contribution in [2.24, 2.45) is 14.6 Å². The van der Waals surface area contributed by atoms with E-state index in [1.165, 1.54) is 4.31 Å². The zero-order valence-electron chi connectivity index (χ0n) is 10.9. The third kappa shape index (κ3) is 2.49. The Kier molecular flexibility index (Phi) is 3.83. The summed E-state index contributed by atoms with van der Waals surface area (Å²) in [5.74, 6) is 0.437. The summed E-state index contributed by atoms with van der Waals surface area (Å²) in [5, 5.41) is 0. The lowest BCUT2D eigenvalue weighted by Crippen LogP contribution is -2.37. The van der Waals surface area contributed by atoms with E-state index in [9.17, 15) is 8.42 Å². The van der Waals surface area contributed by atoms with Gasteiger partial charge in [-0.3, -0.25) is 0 Å². The fourth-order valence-electron chi connectivity index (χ4n) is 2.42. The predicted octanol–water partition coefficient (Wildman–Crippen LogP) is 3.21. The molecule has 8 heteroatoms. The molecule has 0 aromatic heterocycles. The van der Waals surface area contributed by atoms with Crippen LogP contribution >= 0.6 is 15.9 Å². The minimum absolute atomic E-state index is 0.251. The summed E-state index contributed by atoms with van der Waals surface area (Å²) in [5.41, 5.74) is 1.10. The molecule has 0 atom stereocenters. The van der Waals surface area contributed by atoms with Gasteiger partial charge in [-0.1, -0.05) is 22.0 Å². The molecule has 5 nitrogen and oxygen atoms in total. The Bertz CT molecular complexity index is 707. The van der Waals surface area contributed by atoms with Crippen LogP contribution in [0.4, 0.5) is 11.4 Å². The number of sulfonamides is 1. The van der Waals surface area contributed by atoms with Gasteiger partial charge in [-0.2, -0.15) is 8.73 Å². The maximum Gasteiger partial charge on any atom is 0.245 e. The van der Waals surface area contributed by atoms with Gasteiger partial charge in [0, 0.05) is 18.4 Å². The Hall–Kier alpha value is -0.570. The molecule has 1 fully saturated rings. The molecule has 1 saturated carbocycles. The number of halogens is 1. The number of rotatable bonds is 4. The van der Waals surface area contributed by atoms with E-state index in [-0.39, 0.29) is 4.90 Å². The SMILES string of the molecule is CN(CC1CC(Br)C1)S(=O)(=O)c1cccc2c1N=S=N2. The predicted molar refractivity (Wildman–Crippen MR) is 83.2 cm³/mol. The maximum absolute atomic E-state index is 12.7. The van der Waals surface area contributed by atoms with E-state index in [4.69, 9.17) is 0 Å². The van der Waals surface area contributed by atoms with Crippen molar-refractivity contribution in [3.05, 3.63) is 18.2 Å². The smallest absolute Gasteiger partial charge is 0.207 e. The van der Waals surface area contributed by atoms with Crippen molar-refractivity contribution in [1.82, 2.24) is 4.31 Å². The number of nitrogens with zero attached hydrogens (tertiary/aromatic N) is 3. The van der Waals surface area contributed by atoms with Crippen LogP contribution in [0, 0.1) is 5.92 Å². The first kappa shape index (κ1) is 14.4. The van der Waals surface area contributed by atoms with Gasteiger partial charge in [0.2, 0.25) is 10.0 Å². The van der Waals surface area contributed by atoms with E-state index in [0.717, 1.165) is 24.2 Å². The molecule has 1 heterocycles. The molecule has 1 aliphatic heterocycles. The third-order valence-electron chi connectivity index (χ3n) is 3.63. The van der Waals surface area contributed by atoms with Crippen molar-refractivity contribution in [2.75, 3.05) is 13.6 Å². The van der Waals surface area contributed by atoms with Crippen molar-refractivity contribution in [3.63, 3.8) is 0 Å². The summed E-state index contributed by atoms with van der Waals surface area (Å²) in [4.78, 5) is 0.788. The van der Waals surface area contributed by atoms with E-state index in [1.54, 1.807) is 25.2 Å². The second kappa shape index (κ2) is 5.32. The molecule has 1 aromatic rings. The Morgan fingerprint density at radius 3 is 2.85 bits per heavy atom. The monoisotopic (exact) mass is 375 g/mol. The number of hydrogen-bond donors (Lipinski definition) is 0. The average Bonchev–Trinajstić information content (AvgIpc) is 2.84. The van der Waals surface area contributed by atoms with Crippen molar-refractivity contribution >= 4 is 48.7 Å². The fourth-order valence-corrected chi connectivity index (χ4v) is 5.48. The van der Waals surface area contributed by atoms with Crippen LogP contribution < -0.4 is 0 Å². The molecule has 0 bridgehead atoms. The summed E-state index contributed by atoms with van der Waals surface area (Å²) in [6.45, 7) is 0.554. The first-order valence-corrected chi connectivity index (χ1v) is 9.39. The highest BCUT2D eigenvalue weighted by Gasteiger charge is 2.33. The molecule has 0 unspecified atom stereocenters. The molecule has 0 spiro atoms. The molecule has 1 aromatic carbocycles. The topological polar surface area (TPSA) is 62.1 Å². The van der Waals surface area contributed by atoms with Crippen LogP contribution in [0.3, 0.4) is 0 Å². The van der Waals surface area contributed by atoms with E-state index in [1.807, 2.05) is 0 Å². The summed E-state index contributed by atoms with van der Waals surface area (Å²) in [6, 6.07) is 5.09. The number of alkyl halides is 1. The molecule has 0 amide bonds. The van der Waals surface area contributed by atoms with Crippen LogP contribution in [0.15, 0.2) is 31.8 Å². The highest BCUT2D eigenvalue weighted by molar-refractivity contribution is 9.09. The van der Waals surface area contributed by atoms with Gasteiger partial charge in [0.05, 0.1) is 11.4 Å². The summed E-state index contributed by atoms with van der Waals surface area (Å²) in [6.07, 6.45) is 2.06. The summed E-state index contributed by atoms with van der Waals surface area (Å²) < 4.78 is 34.9. The van der Waals surface area contributed by atoms with Crippen LogP contribution in [0.5, 0.6) is 0 Å². The van der Waals surface area contributed by atoms with Crippen molar-refractivity contribution in [3.8, 4) is 0 Å². The zero-order valence-corrected chi connectivity index (χ0v) is 14.1. The van der Waals surface area contributed by atoms with E-state index in [0.29, 0.717) is 28.7 Å². The zero-order chi connectivity index (χ0) is 14.3. The molecular formula is C12H14BrN3O2S2. The Morgan fingerprint density at radius 1 is 1.40 bits per heavy atom. The molecule has 0 N–H and O–H groups in total. The number of benzene rings is 1. The molecule has 2 aliphatic rings. The van der Waals surface area contributed by atoms with Gasteiger partial charge in [0.1, 0.15) is 16.3 Å². The number of fused-ring (bicyclic) bond motifs is 1. The van der Waals surface area contributed by atoms with Gasteiger partial charge in [0.25, 0.3) is 0 Å². The highest BCUT2D eigenvalue weighted by atomic mass is 79.9. The molecule has 108 valence electrons. The van der Waals surface area contributed by atoms with Crippen molar-refractivity contribution in [2.45, 2.75) is 22.6 Å². The largest absolute Gasteiger partial charge is 0.245 e. The number of hydrogen-bond acceptors (Lipinski definition) is 4. The Morgan fingerprint density at radius 2 is 2.15 bits per heavy atom. The van der Waals surface area contributed by atoms with Crippen molar-refractivity contribution in [1.29, 1.82) is 0 Å². The second-order valence-corrected chi connectivity index (χ2v) is 8.95. The van der Waals surface area contributed by atoms with Crippen LogP contribution in [0.25, 0.3) is 0 Å². The van der Waals surface area contributed by atoms with Gasteiger partial charge in [0.15, 0.2) is 0 Å². The minimum atomic E-state index is -3.50. The standard InChI is InChI=1S/C12H14BrN3O2S2/c1-16(7-8-5-9(13)6-8)20(17,18)11-4-2-3-10-12(11)15-19-14-10/h2-4,8-9H,5-7H2,1H3. The van der Waals surface area contributed by atoms with Crippen molar-refractivity contribution < 1.29 is 8.42 Å². The van der Waals surface area contributed by atoms with Gasteiger partial charge < -0.3 is 0 Å². The van der Waals surface area contributed by atoms with Gasteiger partial charge >= 0.3 is 0 Å². The Labute approximate surface area is 130 Å². The summed E-state index contributed by atoms with van der Waals surface area (Å²) >= 11 is 4.56. The first-order chi connectivity index (χ1) is 9.48. The second-order valence-electron chi connectivity index (χ2n) is 5.11. The lowest BCUT2D eigenvalue weighted by molar-refractivity contribution is 0.275. The normalized spacial score (nSPS) is 24.4. The Balaban J connectivity index is 1.85. The first-order valence-electron chi connectivity index (χ1n) is 6.30. The lowest BCUT2D eigenvalue weighted by Gasteiger charge is -2.34. The minimum Gasteiger partial charge on any atom is -0.207 e. The average molecular weight is 376 g/mol. The van der Waals surface area contributed by atoms with Gasteiger partial charge in [-0.15, -0.1) is 0 Å². The molecule has 0 radical (unpaired) electrons. The lowest BCUT2D eigenvalue weighted by atomic mass is 9.85. The maximum atomic E-state index is 12.7. The van der Waals surface area contributed by atoms with E-state index >= 15 is 0 Å². The molecule has 3 rings (SSSR count). The molecule has 0 saturated heterocycles. The summed E-state index contributed by atoms with van der Waals surface area (Å²) in [7, 11) is -1.87. The fraction of sp³-hybridized carbons (Fsp3) is 0.500. The molecule has 20 heavy (non-hydrogen) atoms. The van der Waals surface area contributed by atoms with Gasteiger partial charge in [-0.25, -0.2) is 12.7 Å². The van der Waals surface area contributed by atoms with Crippen LogP contribution in [-0.4, -0.2) is 31.1 Å². The van der Waals surface area contributed by atoms with E-state index < -0.39 is 10.0 Å². The quantitative estimate of drug-likeness (QED) is 0.770.